The molecule has 2 aromatic heterocycles. The van der Waals surface area contributed by atoms with Crippen molar-refractivity contribution in [2.24, 2.45) is 0 Å². The molecule has 0 amide bonds. The highest BCUT2D eigenvalue weighted by atomic mass is 35.5. The van der Waals surface area contributed by atoms with Crippen LogP contribution in [0.4, 0.5) is 27.8 Å². The molecule has 4 nitrogen and oxygen atoms in total. The van der Waals surface area contributed by atoms with Crippen LogP contribution in [-0.2, 0) is 6.18 Å². The van der Waals surface area contributed by atoms with Crippen molar-refractivity contribution in [3.8, 4) is 5.69 Å². The highest BCUT2D eigenvalue weighted by Gasteiger charge is 2.38. The Morgan fingerprint density at radius 2 is 1.92 bits per heavy atom. The molecule has 3 aromatic rings. The second-order valence-corrected chi connectivity index (χ2v) is 5.70. The zero-order valence-corrected chi connectivity index (χ0v) is 13.3. The minimum Gasteiger partial charge on any atom is -0.383 e. The van der Waals surface area contributed by atoms with Gasteiger partial charge in [-0.1, -0.05) is 23.7 Å². The Hall–Kier alpha value is -2.42. The van der Waals surface area contributed by atoms with Crippen molar-refractivity contribution in [1.29, 1.82) is 0 Å². The number of hydrogen-bond acceptors (Lipinski definition) is 3. The first-order valence-electron chi connectivity index (χ1n) is 6.91. The maximum atomic E-state index is 13.3. The fourth-order valence-electron chi connectivity index (χ4n) is 2.53. The molecule has 0 radical (unpaired) electrons. The lowest BCUT2D eigenvalue weighted by atomic mass is 10.2. The highest BCUT2D eigenvalue weighted by Crippen LogP contribution is 2.39. The van der Waals surface area contributed by atoms with Crippen LogP contribution in [0, 0.1) is 6.92 Å². The van der Waals surface area contributed by atoms with E-state index in [-0.39, 0.29) is 22.0 Å². The lowest BCUT2D eigenvalue weighted by molar-refractivity contribution is -0.140. The van der Waals surface area contributed by atoms with Crippen LogP contribution in [-0.4, -0.2) is 14.8 Å². The average Bonchev–Trinajstić information content (AvgIpc) is 2.82. The van der Waals surface area contributed by atoms with Crippen LogP contribution in [0.5, 0.6) is 0 Å². The van der Waals surface area contributed by atoms with Crippen LogP contribution in [0.1, 0.15) is 23.4 Å². The van der Waals surface area contributed by atoms with Gasteiger partial charge >= 0.3 is 6.18 Å². The molecule has 10 heteroatoms. The first-order chi connectivity index (χ1) is 11.6. The van der Waals surface area contributed by atoms with Crippen molar-refractivity contribution in [1.82, 2.24) is 14.8 Å². The number of aromatic nitrogens is 3. The SMILES string of the molecule is Cc1cccc(Cl)c1-n1nc2cc(C(F)F)nc(C(F)(F)F)c2c1N. The molecule has 0 bridgehead atoms. The van der Waals surface area contributed by atoms with Crippen molar-refractivity contribution >= 4 is 28.3 Å². The third-order valence-electron chi connectivity index (χ3n) is 3.60. The molecule has 0 aliphatic carbocycles. The Balaban J connectivity index is 2.41. The number of nitrogen functional groups attached to an aromatic ring is 1. The van der Waals surface area contributed by atoms with Crippen LogP contribution >= 0.6 is 11.6 Å². The summed E-state index contributed by atoms with van der Waals surface area (Å²) in [4.78, 5) is 3.04. The number of nitrogens with two attached hydrogens (primary N) is 1. The van der Waals surface area contributed by atoms with Crippen LogP contribution < -0.4 is 5.73 Å². The number of halogens is 6. The molecule has 0 saturated heterocycles. The lowest BCUT2D eigenvalue weighted by Gasteiger charge is -2.11. The van der Waals surface area contributed by atoms with E-state index in [0.717, 1.165) is 10.7 Å². The summed E-state index contributed by atoms with van der Waals surface area (Å²) < 4.78 is 66.7. The van der Waals surface area contributed by atoms with Gasteiger partial charge < -0.3 is 5.73 Å². The van der Waals surface area contributed by atoms with Gasteiger partial charge in [0, 0.05) is 0 Å². The molecule has 1 aromatic carbocycles. The standard InChI is InChI=1S/C15H10ClF5N4/c1-6-3-2-4-7(16)11(6)25-14(22)10-8(24-25)5-9(13(17)18)23-12(10)15(19,20)21/h2-5,13H,22H2,1H3. The summed E-state index contributed by atoms with van der Waals surface area (Å²) >= 11 is 6.10. The molecule has 0 aliphatic rings. The zero-order valence-electron chi connectivity index (χ0n) is 12.6. The van der Waals surface area contributed by atoms with E-state index in [4.69, 9.17) is 17.3 Å². The van der Waals surface area contributed by atoms with Crippen molar-refractivity contribution in [3.05, 3.63) is 46.2 Å². The Morgan fingerprint density at radius 1 is 1.24 bits per heavy atom. The van der Waals surface area contributed by atoms with E-state index in [9.17, 15) is 22.0 Å². The molecule has 0 saturated carbocycles. The number of benzene rings is 1. The van der Waals surface area contributed by atoms with Gasteiger partial charge in [0.25, 0.3) is 6.43 Å². The van der Waals surface area contributed by atoms with E-state index in [1.54, 1.807) is 19.1 Å². The number of rotatable bonds is 2. The topological polar surface area (TPSA) is 56.7 Å². The third kappa shape index (κ3) is 2.88. The normalized spacial score (nSPS) is 12.3. The Bertz CT molecular complexity index is 944. The Morgan fingerprint density at radius 3 is 2.48 bits per heavy atom. The molecule has 0 atom stereocenters. The number of anilines is 1. The fraction of sp³-hybridized carbons (Fsp3) is 0.200. The first kappa shape index (κ1) is 17.4. The monoisotopic (exact) mass is 376 g/mol. The number of fused-ring (bicyclic) bond motifs is 1. The molecule has 0 fully saturated rings. The maximum Gasteiger partial charge on any atom is 0.434 e. The molecule has 0 unspecified atom stereocenters. The van der Waals surface area contributed by atoms with Crippen molar-refractivity contribution < 1.29 is 22.0 Å². The third-order valence-corrected chi connectivity index (χ3v) is 3.91. The van der Waals surface area contributed by atoms with Crippen LogP contribution in [0.2, 0.25) is 5.02 Å². The summed E-state index contributed by atoms with van der Waals surface area (Å²) in [5, 5.41) is 3.61. The van der Waals surface area contributed by atoms with Crippen molar-refractivity contribution in [3.63, 3.8) is 0 Å². The minimum atomic E-state index is -4.97. The number of aryl methyl sites for hydroxylation is 1. The van der Waals surface area contributed by atoms with E-state index in [0.29, 0.717) is 5.56 Å². The second kappa shape index (κ2) is 5.83. The van der Waals surface area contributed by atoms with E-state index in [2.05, 4.69) is 10.1 Å². The van der Waals surface area contributed by atoms with Gasteiger partial charge in [-0.25, -0.2) is 18.4 Å². The van der Waals surface area contributed by atoms with E-state index < -0.39 is 29.4 Å². The number of alkyl halides is 5. The van der Waals surface area contributed by atoms with Crippen LogP contribution in [0.25, 0.3) is 16.6 Å². The quantitative estimate of drug-likeness (QED) is 0.646. The second-order valence-electron chi connectivity index (χ2n) is 5.29. The van der Waals surface area contributed by atoms with E-state index >= 15 is 0 Å². The summed E-state index contributed by atoms with van der Waals surface area (Å²) in [6, 6.07) is 5.62. The number of nitrogens with zero attached hydrogens (tertiary/aromatic N) is 3. The minimum absolute atomic E-state index is 0.204. The summed E-state index contributed by atoms with van der Waals surface area (Å²) in [6.45, 7) is 1.67. The summed E-state index contributed by atoms with van der Waals surface area (Å²) in [7, 11) is 0. The highest BCUT2D eigenvalue weighted by molar-refractivity contribution is 6.32. The molecule has 25 heavy (non-hydrogen) atoms. The lowest BCUT2D eigenvalue weighted by Crippen LogP contribution is -2.11. The van der Waals surface area contributed by atoms with E-state index in [1.165, 1.54) is 6.07 Å². The molecular weight excluding hydrogens is 367 g/mol. The van der Waals surface area contributed by atoms with Gasteiger partial charge in [0.05, 0.1) is 21.6 Å². The molecule has 2 N–H and O–H groups in total. The van der Waals surface area contributed by atoms with Crippen molar-refractivity contribution in [2.45, 2.75) is 19.5 Å². The summed E-state index contributed by atoms with van der Waals surface area (Å²) in [5.74, 6) is -0.383. The van der Waals surface area contributed by atoms with Gasteiger partial charge in [-0.2, -0.15) is 18.3 Å². The smallest absolute Gasteiger partial charge is 0.383 e. The van der Waals surface area contributed by atoms with Gasteiger partial charge in [0.1, 0.15) is 11.5 Å². The molecule has 2 heterocycles. The molecule has 132 valence electrons. The molecule has 3 rings (SSSR count). The van der Waals surface area contributed by atoms with Gasteiger partial charge in [0.15, 0.2) is 5.69 Å². The van der Waals surface area contributed by atoms with Crippen LogP contribution in [0.3, 0.4) is 0 Å². The first-order valence-corrected chi connectivity index (χ1v) is 7.29. The molecule has 0 aliphatic heterocycles. The Kier molecular flexibility index (Phi) is 4.06. The summed E-state index contributed by atoms with van der Waals surface area (Å²) in [6.07, 6.45) is -8.15. The van der Waals surface area contributed by atoms with Gasteiger partial charge in [0.2, 0.25) is 0 Å². The van der Waals surface area contributed by atoms with Gasteiger partial charge in [-0.3, -0.25) is 0 Å². The number of pyridine rings is 1. The predicted octanol–water partition coefficient (Wildman–Crippen LogP) is 4.92. The van der Waals surface area contributed by atoms with Gasteiger partial charge in [-0.05, 0) is 24.6 Å². The fourth-order valence-corrected chi connectivity index (χ4v) is 2.83. The molecular formula is C15H10ClF5N4. The zero-order chi connectivity index (χ0) is 18.5. The van der Waals surface area contributed by atoms with Gasteiger partial charge in [-0.15, -0.1) is 0 Å². The maximum absolute atomic E-state index is 13.3. The Labute approximate surface area is 143 Å². The van der Waals surface area contributed by atoms with Crippen LogP contribution in [0.15, 0.2) is 24.3 Å². The predicted molar refractivity (Wildman–Crippen MR) is 83.0 cm³/mol. The van der Waals surface area contributed by atoms with E-state index in [1.807, 2.05) is 0 Å². The number of para-hydroxylation sites is 1. The average molecular weight is 377 g/mol. The molecule has 0 spiro atoms. The largest absolute Gasteiger partial charge is 0.434 e. The number of hydrogen-bond donors (Lipinski definition) is 1. The van der Waals surface area contributed by atoms with Crippen molar-refractivity contribution in [2.75, 3.05) is 5.73 Å². The summed E-state index contributed by atoms with van der Waals surface area (Å²) in [5.41, 5.74) is 3.84.